The fourth-order valence-corrected chi connectivity index (χ4v) is 3.63. The van der Waals surface area contributed by atoms with Crippen molar-refractivity contribution in [3.05, 3.63) is 84.2 Å². The predicted molar refractivity (Wildman–Crippen MR) is 101 cm³/mol. The second-order valence-corrected chi connectivity index (χ2v) is 6.61. The molecule has 3 aromatic heterocycles. The topological polar surface area (TPSA) is 46.0 Å². The van der Waals surface area contributed by atoms with Gasteiger partial charge in [0.1, 0.15) is 0 Å². The van der Waals surface area contributed by atoms with E-state index in [2.05, 4.69) is 49.3 Å². The van der Waals surface area contributed by atoms with E-state index >= 15 is 0 Å². The Morgan fingerprint density at radius 3 is 2.76 bits per heavy atom. The fourth-order valence-electron chi connectivity index (χ4n) is 3.33. The number of pyridine rings is 2. The Labute approximate surface area is 152 Å². The highest BCUT2D eigenvalue weighted by molar-refractivity contribution is 7.80. The predicted octanol–water partition coefficient (Wildman–Crippen LogP) is 2.99. The summed E-state index contributed by atoms with van der Waals surface area (Å²) in [4.78, 5) is 11.0. The molecule has 1 aliphatic rings. The molecule has 1 fully saturated rings. The van der Waals surface area contributed by atoms with Crippen molar-refractivity contribution in [1.29, 1.82) is 0 Å². The molecule has 4 rings (SSSR count). The Morgan fingerprint density at radius 2 is 2.08 bits per heavy atom. The van der Waals surface area contributed by atoms with Gasteiger partial charge in [0, 0.05) is 44.6 Å². The summed E-state index contributed by atoms with van der Waals surface area (Å²) in [6.07, 6.45) is 9.71. The molecule has 2 atom stereocenters. The molecule has 0 saturated carbocycles. The number of hydrogen-bond donors (Lipinski definition) is 1. The van der Waals surface area contributed by atoms with E-state index in [0.717, 1.165) is 16.4 Å². The van der Waals surface area contributed by atoms with Gasteiger partial charge in [0.2, 0.25) is 0 Å². The maximum atomic E-state index is 5.66. The Morgan fingerprint density at radius 1 is 1.16 bits per heavy atom. The van der Waals surface area contributed by atoms with E-state index in [1.54, 1.807) is 6.20 Å². The quantitative estimate of drug-likeness (QED) is 0.734. The molecule has 0 radical (unpaired) electrons. The molecule has 1 saturated heterocycles. The summed E-state index contributed by atoms with van der Waals surface area (Å²) in [5.74, 6) is 0. The summed E-state index contributed by atoms with van der Waals surface area (Å²) in [5, 5.41) is 4.21. The second kappa shape index (κ2) is 6.64. The van der Waals surface area contributed by atoms with E-state index in [1.165, 1.54) is 5.56 Å². The molecule has 1 N–H and O–H groups in total. The van der Waals surface area contributed by atoms with Gasteiger partial charge in [-0.25, -0.2) is 0 Å². The summed E-state index contributed by atoms with van der Waals surface area (Å²) in [6, 6.07) is 12.3. The van der Waals surface area contributed by atoms with Gasteiger partial charge in [-0.05, 0) is 47.6 Å². The first-order valence-corrected chi connectivity index (χ1v) is 8.62. The van der Waals surface area contributed by atoms with Crippen molar-refractivity contribution in [2.45, 2.75) is 18.6 Å². The van der Waals surface area contributed by atoms with Crippen LogP contribution in [0.2, 0.25) is 0 Å². The third-order valence-corrected chi connectivity index (χ3v) is 4.82. The lowest BCUT2D eigenvalue weighted by Gasteiger charge is -2.27. The molecular weight excluding hydrogens is 330 g/mol. The molecule has 25 heavy (non-hydrogen) atoms. The molecule has 5 nitrogen and oxygen atoms in total. The van der Waals surface area contributed by atoms with E-state index in [4.69, 9.17) is 12.2 Å². The van der Waals surface area contributed by atoms with E-state index < -0.39 is 0 Å². The molecule has 4 heterocycles. The van der Waals surface area contributed by atoms with E-state index in [1.807, 2.05) is 43.7 Å². The summed E-state index contributed by atoms with van der Waals surface area (Å²) < 4.78 is 2.06. The van der Waals surface area contributed by atoms with E-state index in [-0.39, 0.29) is 12.1 Å². The van der Waals surface area contributed by atoms with Crippen LogP contribution in [-0.4, -0.2) is 24.5 Å². The summed E-state index contributed by atoms with van der Waals surface area (Å²) in [7, 11) is 2.03. The van der Waals surface area contributed by atoms with Crippen LogP contribution in [0.3, 0.4) is 0 Å². The average Bonchev–Trinajstić information content (AvgIpc) is 3.20. The van der Waals surface area contributed by atoms with Gasteiger partial charge in [0.05, 0.1) is 17.8 Å². The molecule has 1 aliphatic heterocycles. The number of hydrogen-bond acceptors (Lipinski definition) is 3. The molecule has 0 spiro atoms. The minimum absolute atomic E-state index is 0.0211. The van der Waals surface area contributed by atoms with Gasteiger partial charge in [-0.15, -0.1) is 0 Å². The van der Waals surface area contributed by atoms with Gasteiger partial charge in [0.25, 0.3) is 0 Å². The largest absolute Gasteiger partial charge is 0.357 e. The van der Waals surface area contributed by atoms with Crippen LogP contribution >= 0.6 is 12.2 Å². The van der Waals surface area contributed by atoms with Crippen LogP contribution in [0.15, 0.2) is 67.4 Å². The first-order chi connectivity index (χ1) is 12.2. The summed E-state index contributed by atoms with van der Waals surface area (Å²) in [5.41, 5.74) is 3.34. The lowest BCUT2D eigenvalue weighted by molar-refractivity contribution is 0.311. The molecule has 6 heteroatoms. The monoisotopic (exact) mass is 349 g/mol. The zero-order chi connectivity index (χ0) is 17.2. The normalized spacial score (nSPS) is 19.9. The molecule has 3 aromatic rings. The minimum Gasteiger partial charge on any atom is -0.357 e. The SMILES string of the molecule is Cn1ccc([C@@H]2[C@H](c3ccccn3)NC(=S)N2Cc2cccnc2)c1. The number of aryl methyl sites for hydroxylation is 1. The standard InChI is InChI=1S/C19H19N5S/c1-23-10-7-15(13-23)18-17(16-6-2-3-9-21-16)22-19(25)24(18)12-14-5-4-8-20-11-14/h2-11,13,17-18H,12H2,1H3,(H,22,25)/t17-,18+/m0/s1. The highest BCUT2D eigenvalue weighted by Crippen LogP contribution is 2.39. The number of nitrogens with one attached hydrogen (secondary N) is 1. The third kappa shape index (κ3) is 3.13. The minimum atomic E-state index is 0.0211. The zero-order valence-electron chi connectivity index (χ0n) is 13.9. The lowest BCUT2D eigenvalue weighted by Crippen LogP contribution is -2.29. The highest BCUT2D eigenvalue weighted by atomic mass is 32.1. The van der Waals surface area contributed by atoms with Crippen LogP contribution in [0.25, 0.3) is 0 Å². The van der Waals surface area contributed by atoms with Gasteiger partial charge < -0.3 is 14.8 Å². The van der Waals surface area contributed by atoms with Crippen molar-refractivity contribution < 1.29 is 0 Å². The highest BCUT2D eigenvalue weighted by Gasteiger charge is 2.39. The van der Waals surface area contributed by atoms with Crippen molar-refractivity contribution in [1.82, 2.24) is 24.8 Å². The fraction of sp³-hybridized carbons (Fsp3) is 0.211. The molecule has 0 aliphatic carbocycles. The summed E-state index contributed by atoms with van der Waals surface area (Å²) >= 11 is 5.66. The van der Waals surface area contributed by atoms with Crippen molar-refractivity contribution in [3.63, 3.8) is 0 Å². The maximum Gasteiger partial charge on any atom is 0.170 e. The van der Waals surface area contributed by atoms with Crippen LogP contribution in [0, 0.1) is 0 Å². The smallest absolute Gasteiger partial charge is 0.170 e. The Kier molecular flexibility index (Phi) is 4.19. The Hall–Kier alpha value is -2.73. The third-order valence-electron chi connectivity index (χ3n) is 4.47. The van der Waals surface area contributed by atoms with Crippen molar-refractivity contribution in [2.24, 2.45) is 7.05 Å². The molecule has 0 unspecified atom stereocenters. The molecular formula is C19H19N5S. The van der Waals surface area contributed by atoms with Crippen molar-refractivity contribution in [2.75, 3.05) is 0 Å². The summed E-state index contributed by atoms with van der Waals surface area (Å²) in [6.45, 7) is 0.711. The van der Waals surface area contributed by atoms with E-state index in [9.17, 15) is 0 Å². The number of rotatable bonds is 4. The van der Waals surface area contributed by atoms with Gasteiger partial charge in [-0.3, -0.25) is 9.97 Å². The number of aromatic nitrogens is 3. The average molecular weight is 349 g/mol. The molecule has 0 bridgehead atoms. The molecule has 126 valence electrons. The second-order valence-electron chi connectivity index (χ2n) is 6.23. The van der Waals surface area contributed by atoms with Crippen molar-refractivity contribution in [3.8, 4) is 0 Å². The van der Waals surface area contributed by atoms with Crippen molar-refractivity contribution >= 4 is 17.3 Å². The molecule has 0 amide bonds. The maximum absolute atomic E-state index is 5.66. The molecule has 0 aromatic carbocycles. The number of nitrogens with zero attached hydrogens (tertiary/aromatic N) is 4. The van der Waals surface area contributed by atoms with Gasteiger partial charge in [-0.2, -0.15) is 0 Å². The first-order valence-electron chi connectivity index (χ1n) is 8.21. The van der Waals surface area contributed by atoms with Crippen LogP contribution in [-0.2, 0) is 13.6 Å². The van der Waals surface area contributed by atoms with Gasteiger partial charge in [-0.1, -0.05) is 12.1 Å². The number of thiocarbonyl (C=S) groups is 1. The lowest BCUT2D eigenvalue weighted by atomic mass is 9.99. The Bertz CT molecular complexity index is 862. The van der Waals surface area contributed by atoms with Crippen LogP contribution in [0.4, 0.5) is 0 Å². The van der Waals surface area contributed by atoms with Crippen LogP contribution in [0.1, 0.15) is 28.9 Å². The van der Waals surface area contributed by atoms with Gasteiger partial charge in [0.15, 0.2) is 5.11 Å². The van der Waals surface area contributed by atoms with Crippen LogP contribution in [0.5, 0.6) is 0 Å². The van der Waals surface area contributed by atoms with Gasteiger partial charge >= 0.3 is 0 Å². The van der Waals surface area contributed by atoms with E-state index in [0.29, 0.717) is 6.54 Å². The first kappa shape index (κ1) is 15.8. The van der Waals surface area contributed by atoms with Crippen LogP contribution < -0.4 is 5.32 Å². The Balaban J connectivity index is 1.72. The zero-order valence-corrected chi connectivity index (χ0v) is 14.7.